The second-order valence-corrected chi connectivity index (χ2v) is 6.49. The van der Waals surface area contributed by atoms with Gasteiger partial charge in [0.1, 0.15) is 5.75 Å². The average Bonchev–Trinajstić information content (AvgIpc) is 2.54. The summed E-state index contributed by atoms with van der Waals surface area (Å²) in [5.74, 6) is 0.0628. The largest absolute Gasteiger partial charge is 0.482 e. The summed E-state index contributed by atoms with van der Waals surface area (Å²) in [6.07, 6.45) is 0. The molecule has 2 rings (SSSR count). The summed E-state index contributed by atoms with van der Waals surface area (Å²) >= 11 is 11.8. The predicted molar refractivity (Wildman–Crippen MR) is 99.9 cm³/mol. The number of benzene rings is 2. The molecule has 0 aliphatic heterocycles. The van der Waals surface area contributed by atoms with Crippen LogP contribution in [0.3, 0.4) is 0 Å². The number of nitrogens with zero attached hydrogens (tertiary/aromatic N) is 1. The van der Waals surface area contributed by atoms with E-state index in [1.807, 2.05) is 14.1 Å². The van der Waals surface area contributed by atoms with Crippen LogP contribution < -0.4 is 10.1 Å². The number of nitrogens with one attached hydrogen (secondary N) is 1. The molecule has 0 aliphatic carbocycles. The van der Waals surface area contributed by atoms with Gasteiger partial charge in [0.15, 0.2) is 12.4 Å². The molecule has 0 saturated carbocycles. The molecular weight excluding hydrogens is 363 g/mol. The van der Waals surface area contributed by atoms with Gasteiger partial charge in [-0.15, -0.1) is 0 Å². The number of hydrogen-bond donors (Lipinski definition) is 1. The molecule has 0 bridgehead atoms. The van der Waals surface area contributed by atoms with E-state index in [-0.39, 0.29) is 18.3 Å². The van der Waals surface area contributed by atoms with Crippen LogP contribution in [0, 0.1) is 0 Å². The highest BCUT2D eigenvalue weighted by atomic mass is 35.5. The zero-order chi connectivity index (χ0) is 18.4. The average molecular weight is 381 g/mol. The van der Waals surface area contributed by atoms with Crippen LogP contribution in [0.2, 0.25) is 10.0 Å². The molecule has 0 radical (unpaired) electrons. The maximum absolute atomic E-state index is 11.9. The van der Waals surface area contributed by atoms with E-state index in [1.54, 1.807) is 47.4 Å². The van der Waals surface area contributed by atoms with Crippen LogP contribution in [0.15, 0.2) is 42.5 Å². The first-order valence-corrected chi connectivity index (χ1v) is 8.26. The number of amides is 1. The minimum Gasteiger partial charge on any atom is -0.482 e. The van der Waals surface area contributed by atoms with E-state index in [9.17, 15) is 9.59 Å². The lowest BCUT2D eigenvalue weighted by molar-refractivity contribution is -0.118. The van der Waals surface area contributed by atoms with Gasteiger partial charge in [-0.1, -0.05) is 23.2 Å². The topological polar surface area (TPSA) is 58.6 Å². The Balaban J connectivity index is 1.89. The Morgan fingerprint density at radius 1 is 1.08 bits per heavy atom. The number of anilines is 1. The van der Waals surface area contributed by atoms with Crippen molar-refractivity contribution in [2.75, 3.05) is 32.6 Å². The van der Waals surface area contributed by atoms with Crippen LogP contribution in [0.5, 0.6) is 5.75 Å². The number of rotatable bonds is 7. The number of carbonyl (C=O) groups excluding carboxylic acids is 2. The zero-order valence-corrected chi connectivity index (χ0v) is 15.4. The van der Waals surface area contributed by atoms with E-state index in [4.69, 9.17) is 27.9 Å². The van der Waals surface area contributed by atoms with Crippen molar-refractivity contribution in [1.29, 1.82) is 0 Å². The minimum absolute atomic E-state index is 0.0172. The van der Waals surface area contributed by atoms with Gasteiger partial charge in [0.25, 0.3) is 5.91 Å². The van der Waals surface area contributed by atoms with E-state index < -0.39 is 0 Å². The summed E-state index contributed by atoms with van der Waals surface area (Å²) in [6.45, 7) is 0.143. The van der Waals surface area contributed by atoms with Crippen molar-refractivity contribution >= 4 is 40.6 Å². The lowest BCUT2D eigenvalue weighted by Crippen LogP contribution is -2.22. The Kier molecular flexibility index (Phi) is 6.82. The maximum Gasteiger partial charge on any atom is 0.262 e. The van der Waals surface area contributed by atoms with Gasteiger partial charge in [0, 0.05) is 16.3 Å². The van der Waals surface area contributed by atoms with Gasteiger partial charge in [-0.25, -0.2) is 0 Å². The van der Waals surface area contributed by atoms with Crippen LogP contribution >= 0.6 is 23.2 Å². The summed E-state index contributed by atoms with van der Waals surface area (Å²) in [4.78, 5) is 25.7. The fraction of sp³-hybridized carbons (Fsp3) is 0.222. The molecular formula is C18H18Cl2N2O3. The number of ketones is 1. The number of hydrogen-bond acceptors (Lipinski definition) is 4. The summed E-state index contributed by atoms with van der Waals surface area (Å²) in [5, 5.41) is 3.52. The molecule has 0 aromatic heterocycles. The quantitative estimate of drug-likeness (QED) is 0.743. The third kappa shape index (κ3) is 6.05. The smallest absolute Gasteiger partial charge is 0.262 e. The molecule has 7 heteroatoms. The Morgan fingerprint density at radius 2 is 1.76 bits per heavy atom. The summed E-state index contributed by atoms with van der Waals surface area (Å²) < 4.78 is 5.37. The lowest BCUT2D eigenvalue weighted by atomic mass is 10.1. The maximum atomic E-state index is 11.9. The SMILES string of the molecule is CN(C)CC(=O)c1ccc(NC(=O)COc2ccc(Cl)cc2Cl)cc1. The molecule has 2 aromatic carbocycles. The Labute approximate surface area is 156 Å². The predicted octanol–water partition coefficient (Wildman–Crippen LogP) is 3.76. The number of likely N-dealkylation sites (N-methyl/N-ethyl adjacent to an activating group) is 1. The fourth-order valence-corrected chi connectivity index (χ4v) is 2.51. The molecule has 5 nitrogen and oxygen atoms in total. The van der Waals surface area contributed by atoms with Crippen molar-refractivity contribution in [2.45, 2.75) is 0 Å². The fourth-order valence-electron chi connectivity index (χ4n) is 2.05. The number of ether oxygens (including phenoxy) is 1. The Morgan fingerprint density at radius 3 is 2.36 bits per heavy atom. The molecule has 0 atom stereocenters. The highest BCUT2D eigenvalue weighted by Crippen LogP contribution is 2.27. The highest BCUT2D eigenvalue weighted by Gasteiger charge is 2.09. The molecule has 132 valence electrons. The van der Waals surface area contributed by atoms with Crippen molar-refractivity contribution < 1.29 is 14.3 Å². The first kappa shape index (κ1) is 19.2. The minimum atomic E-state index is -0.335. The van der Waals surface area contributed by atoms with Crippen molar-refractivity contribution in [3.63, 3.8) is 0 Å². The number of Topliss-reactive ketones (excluding diaryl/α,β-unsaturated/α-hetero) is 1. The van der Waals surface area contributed by atoms with Gasteiger partial charge >= 0.3 is 0 Å². The standard InChI is InChI=1S/C18H18Cl2N2O3/c1-22(2)10-16(23)12-3-6-14(7-4-12)21-18(24)11-25-17-8-5-13(19)9-15(17)20/h3-9H,10-11H2,1-2H3,(H,21,24). The van der Waals surface area contributed by atoms with Gasteiger partial charge in [0.2, 0.25) is 0 Å². The normalized spacial score (nSPS) is 10.6. The molecule has 1 N–H and O–H groups in total. The first-order valence-electron chi connectivity index (χ1n) is 7.51. The number of carbonyl (C=O) groups is 2. The monoisotopic (exact) mass is 380 g/mol. The third-order valence-electron chi connectivity index (χ3n) is 3.20. The third-order valence-corrected chi connectivity index (χ3v) is 3.73. The van der Waals surface area contributed by atoms with Gasteiger partial charge < -0.3 is 15.0 Å². The van der Waals surface area contributed by atoms with Gasteiger partial charge in [-0.3, -0.25) is 9.59 Å². The van der Waals surface area contributed by atoms with E-state index in [2.05, 4.69) is 5.32 Å². The van der Waals surface area contributed by atoms with Gasteiger partial charge in [-0.05, 0) is 56.6 Å². The molecule has 25 heavy (non-hydrogen) atoms. The Hall–Kier alpha value is -2.08. The van der Waals surface area contributed by atoms with E-state index in [1.165, 1.54) is 0 Å². The molecule has 0 unspecified atom stereocenters. The molecule has 0 aliphatic rings. The molecule has 2 aromatic rings. The van der Waals surface area contributed by atoms with Crippen molar-refractivity contribution in [1.82, 2.24) is 4.90 Å². The van der Waals surface area contributed by atoms with Crippen LogP contribution in [0.1, 0.15) is 10.4 Å². The van der Waals surface area contributed by atoms with Crippen molar-refractivity contribution in [2.24, 2.45) is 0 Å². The first-order chi connectivity index (χ1) is 11.8. The molecule has 0 heterocycles. The van der Waals surface area contributed by atoms with E-state index in [0.717, 1.165) is 0 Å². The Bertz CT molecular complexity index is 761. The van der Waals surface area contributed by atoms with Crippen LogP contribution in [-0.2, 0) is 4.79 Å². The van der Waals surface area contributed by atoms with Crippen LogP contribution in [0.4, 0.5) is 5.69 Å². The lowest BCUT2D eigenvalue weighted by Gasteiger charge is -2.10. The number of halogens is 2. The van der Waals surface area contributed by atoms with E-state index >= 15 is 0 Å². The highest BCUT2D eigenvalue weighted by molar-refractivity contribution is 6.35. The molecule has 0 spiro atoms. The van der Waals surface area contributed by atoms with Crippen LogP contribution in [-0.4, -0.2) is 43.8 Å². The summed E-state index contributed by atoms with van der Waals surface area (Å²) in [7, 11) is 3.67. The van der Waals surface area contributed by atoms with Crippen molar-refractivity contribution in [3.8, 4) is 5.75 Å². The molecule has 0 saturated heterocycles. The van der Waals surface area contributed by atoms with Crippen LogP contribution in [0.25, 0.3) is 0 Å². The van der Waals surface area contributed by atoms with Crippen molar-refractivity contribution in [3.05, 3.63) is 58.1 Å². The second kappa shape index (κ2) is 8.85. The summed E-state index contributed by atoms with van der Waals surface area (Å²) in [5.41, 5.74) is 1.17. The second-order valence-electron chi connectivity index (χ2n) is 5.65. The molecule has 0 fully saturated rings. The van der Waals surface area contributed by atoms with Gasteiger partial charge in [0.05, 0.1) is 11.6 Å². The van der Waals surface area contributed by atoms with E-state index in [0.29, 0.717) is 33.6 Å². The van der Waals surface area contributed by atoms with Gasteiger partial charge in [-0.2, -0.15) is 0 Å². The summed E-state index contributed by atoms with van der Waals surface area (Å²) in [6, 6.07) is 11.5. The zero-order valence-electron chi connectivity index (χ0n) is 13.9. The molecule has 1 amide bonds.